The highest BCUT2D eigenvalue weighted by molar-refractivity contribution is 7.79. The first-order valence-corrected chi connectivity index (χ1v) is 17.2. The highest BCUT2D eigenvalue weighted by Gasteiger charge is 2.25. The van der Waals surface area contributed by atoms with Crippen molar-refractivity contribution in [2.75, 3.05) is 13.1 Å². The minimum Gasteiger partial charge on any atom is -0.481 e. The number of aliphatic imine (C=N–C) groups is 2. The summed E-state index contributed by atoms with van der Waals surface area (Å²) in [5.41, 5.74) is 18.0. The topological polar surface area (TPSA) is 336 Å². The number of ketones is 2. The molecule has 2 rings (SSSR count). The zero-order chi connectivity index (χ0) is 38.7. The van der Waals surface area contributed by atoms with Crippen LogP contribution in [0, 0.1) is 11.8 Å². The predicted octanol–water partition coefficient (Wildman–Crippen LogP) is 0.324. The van der Waals surface area contributed by atoms with E-state index >= 15 is 0 Å². The summed E-state index contributed by atoms with van der Waals surface area (Å²) in [6, 6.07) is 17.2. The molecule has 0 bridgehead atoms. The number of nitrogens with zero attached hydrogens (tertiary/aromatic N) is 2. The van der Waals surface area contributed by atoms with E-state index in [-0.39, 0.29) is 24.4 Å². The van der Waals surface area contributed by atoms with Crippen LogP contribution in [0.15, 0.2) is 70.6 Å². The van der Waals surface area contributed by atoms with Crippen LogP contribution >= 0.6 is 0 Å². The van der Waals surface area contributed by atoms with Crippen molar-refractivity contribution in [2.24, 2.45) is 45.0 Å². The number of carbonyl (C=O) groups excluding carboxylic acids is 2. The molecular formula is C32H50N8O10S. The number of hydrazine groups is 2. The van der Waals surface area contributed by atoms with Crippen molar-refractivity contribution in [2.45, 2.75) is 63.5 Å². The minimum atomic E-state index is -4.67. The SMILES string of the molecule is NNC=NCCC[C@H](N)C(=O)C[C@@H](Cc1ccccc1)C(=O)O.NNC=NCCC[C@H](N)C(=O)C[C@@H](Cc1ccccc1)C(=O)O.O=S(=O)(O)O. The summed E-state index contributed by atoms with van der Waals surface area (Å²) in [6.07, 6.45) is 5.49. The lowest BCUT2D eigenvalue weighted by atomic mass is 9.91. The summed E-state index contributed by atoms with van der Waals surface area (Å²) in [4.78, 5) is 54.8. The lowest BCUT2D eigenvalue weighted by Gasteiger charge is -2.15. The highest BCUT2D eigenvalue weighted by Crippen LogP contribution is 2.16. The fraction of sp³-hybridized carbons (Fsp3) is 0.438. The number of carboxylic acid groups (broad SMARTS) is 2. The Morgan fingerprint density at radius 2 is 0.980 bits per heavy atom. The van der Waals surface area contributed by atoms with Crippen LogP contribution in [-0.4, -0.2) is 89.1 Å². The largest absolute Gasteiger partial charge is 0.481 e. The van der Waals surface area contributed by atoms with Crippen molar-refractivity contribution in [3.63, 3.8) is 0 Å². The third-order valence-corrected chi connectivity index (χ3v) is 7.01. The van der Waals surface area contributed by atoms with Gasteiger partial charge in [0.25, 0.3) is 0 Å². The Labute approximate surface area is 297 Å². The fourth-order valence-electron chi connectivity index (χ4n) is 4.44. The van der Waals surface area contributed by atoms with Gasteiger partial charge in [0.15, 0.2) is 0 Å². The lowest BCUT2D eigenvalue weighted by Crippen LogP contribution is -2.34. The number of nitrogens with two attached hydrogens (primary N) is 4. The van der Waals surface area contributed by atoms with Crippen molar-refractivity contribution < 1.29 is 46.9 Å². The molecule has 284 valence electrons. The van der Waals surface area contributed by atoms with Gasteiger partial charge in [0.05, 0.1) is 36.6 Å². The molecule has 2 aromatic carbocycles. The first-order chi connectivity index (χ1) is 24.1. The van der Waals surface area contributed by atoms with Gasteiger partial charge in [-0.2, -0.15) is 8.42 Å². The summed E-state index contributed by atoms with van der Waals surface area (Å²) in [6.45, 7) is 1.02. The van der Waals surface area contributed by atoms with Crippen LogP contribution in [0.5, 0.6) is 0 Å². The van der Waals surface area contributed by atoms with Gasteiger partial charge >= 0.3 is 22.3 Å². The van der Waals surface area contributed by atoms with Gasteiger partial charge in [-0.3, -0.25) is 38.3 Å². The smallest absolute Gasteiger partial charge is 0.394 e. The number of hydrogen-bond donors (Lipinski definition) is 10. The van der Waals surface area contributed by atoms with Crippen LogP contribution < -0.4 is 34.0 Å². The van der Waals surface area contributed by atoms with E-state index < -0.39 is 46.3 Å². The molecule has 0 saturated heterocycles. The fourth-order valence-corrected chi connectivity index (χ4v) is 4.44. The van der Waals surface area contributed by atoms with Crippen LogP contribution in [0.25, 0.3) is 0 Å². The second-order valence-electron chi connectivity index (χ2n) is 11.1. The zero-order valence-corrected chi connectivity index (χ0v) is 29.0. The van der Waals surface area contributed by atoms with Crippen LogP contribution in [0.3, 0.4) is 0 Å². The number of hydrogen-bond acceptors (Lipinski definition) is 12. The molecule has 0 saturated carbocycles. The Balaban J connectivity index is 0.000000865. The van der Waals surface area contributed by atoms with E-state index in [1.54, 1.807) is 0 Å². The number of benzene rings is 2. The summed E-state index contributed by atoms with van der Waals surface area (Å²) < 4.78 is 31.6. The van der Waals surface area contributed by atoms with Crippen LogP contribution in [0.4, 0.5) is 0 Å². The number of rotatable bonds is 22. The third kappa shape index (κ3) is 25.9. The molecule has 51 heavy (non-hydrogen) atoms. The van der Waals surface area contributed by atoms with E-state index in [4.69, 9.17) is 40.7 Å². The van der Waals surface area contributed by atoms with E-state index in [1.165, 1.54) is 12.7 Å². The first-order valence-electron chi connectivity index (χ1n) is 15.8. The number of nitrogens with one attached hydrogen (secondary N) is 2. The average Bonchev–Trinajstić information content (AvgIpc) is 3.07. The second kappa shape index (κ2) is 27.1. The average molecular weight is 739 g/mol. The molecular weight excluding hydrogens is 688 g/mol. The Bertz CT molecular complexity index is 1360. The maximum Gasteiger partial charge on any atom is 0.394 e. The molecule has 0 spiro atoms. The van der Waals surface area contributed by atoms with Crippen molar-refractivity contribution >= 4 is 46.6 Å². The van der Waals surface area contributed by atoms with E-state index in [0.29, 0.717) is 51.6 Å². The molecule has 0 aliphatic carbocycles. The van der Waals surface area contributed by atoms with Crippen LogP contribution in [-0.2, 0) is 42.4 Å². The predicted molar refractivity (Wildman–Crippen MR) is 192 cm³/mol. The Kier molecular flexibility index (Phi) is 24.7. The van der Waals surface area contributed by atoms with Gasteiger partial charge < -0.3 is 32.5 Å². The number of aliphatic carboxylic acids is 2. The standard InChI is InChI=1S/2C16H24N4O3.H2O4S/c2*17-14(7-4-8-19-11-20-18)15(21)10-13(16(22)23)9-12-5-2-1-3-6-12;1-5(2,3)4/h2*1-3,5-6,11,13-14H,4,7-10,17-18H2,(H,19,20)(H,22,23);(H2,1,2,3,4)/t2*13-,14+;/m11./s1. The van der Waals surface area contributed by atoms with Crippen molar-refractivity contribution in [1.29, 1.82) is 0 Å². The van der Waals surface area contributed by atoms with E-state index in [1.807, 2.05) is 60.7 Å². The van der Waals surface area contributed by atoms with Gasteiger partial charge in [-0.25, -0.2) is 11.7 Å². The third-order valence-electron chi connectivity index (χ3n) is 7.01. The second-order valence-corrected chi connectivity index (χ2v) is 12.0. The van der Waals surface area contributed by atoms with Crippen LogP contribution in [0.2, 0.25) is 0 Å². The molecule has 4 atom stereocenters. The van der Waals surface area contributed by atoms with E-state index in [9.17, 15) is 29.4 Å². The minimum absolute atomic E-state index is 0.0565. The molecule has 0 unspecified atom stereocenters. The van der Waals surface area contributed by atoms with Gasteiger partial charge in [0.2, 0.25) is 0 Å². The Morgan fingerprint density at radius 3 is 1.25 bits per heavy atom. The van der Waals surface area contributed by atoms with Crippen molar-refractivity contribution in [3.05, 3.63) is 71.8 Å². The highest BCUT2D eigenvalue weighted by atomic mass is 32.3. The summed E-state index contributed by atoms with van der Waals surface area (Å²) in [5, 5.41) is 18.6. The molecule has 0 heterocycles. The van der Waals surface area contributed by atoms with Crippen LogP contribution in [0.1, 0.15) is 49.7 Å². The molecule has 0 radical (unpaired) electrons. The molecule has 2 aromatic rings. The molecule has 0 amide bonds. The number of carboxylic acids is 2. The van der Waals surface area contributed by atoms with Gasteiger partial charge in [-0.05, 0) is 49.7 Å². The first kappa shape index (κ1) is 46.4. The molecule has 14 N–H and O–H groups in total. The van der Waals surface area contributed by atoms with Gasteiger partial charge in [0.1, 0.15) is 11.6 Å². The van der Waals surface area contributed by atoms with E-state index in [0.717, 1.165) is 11.1 Å². The molecule has 0 aliphatic rings. The van der Waals surface area contributed by atoms with Gasteiger partial charge in [-0.15, -0.1) is 0 Å². The zero-order valence-electron chi connectivity index (χ0n) is 28.2. The summed E-state index contributed by atoms with van der Waals surface area (Å²) in [5.74, 6) is 6.14. The molecule has 19 heteroatoms. The van der Waals surface area contributed by atoms with E-state index in [2.05, 4.69) is 20.8 Å². The molecule has 0 aliphatic heterocycles. The quantitative estimate of drug-likeness (QED) is 0.0194. The van der Waals surface area contributed by atoms with Gasteiger partial charge in [0, 0.05) is 25.9 Å². The van der Waals surface area contributed by atoms with Crippen molar-refractivity contribution in [3.8, 4) is 0 Å². The Morgan fingerprint density at radius 1 is 0.667 bits per heavy atom. The lowest BCUT2D eigenvalue weighted by molar-refractivity contribution is -0.144. The maximum absolute atomic E-state index is 12.1. The molecule has 0 aromatic heterocycles. The van der Waals surface area contributed by atoms with Gasteiger partial charge in [-0.1, -0.05) is 60.7 Å². The number of carbonyl (C=O) groups is 4. The summed E-state index contributed by atoms with van der Waals surface area (Å²) >= 11 is 0. The summed E-state index contributed by atoms with van der Waals surface area (Å²) in [7, 11) is -4.67. The maximum atomic E-state index is 12.1. The Hall–Kier alpha value is -4.63. The number of Topliss-reactive ketones (excluding diaryl/α,β-unsaturated/α-hetero) is 2. The molecule has 18 nitrogen and oxygen atoms in total. The monoisotopic (exact) mass is 738 g/mol. The normalized spacial score (nSPS) is 13.5. The molecule has 0 fully saturated rings. The van der Waals surface area contributed by atoms with Crippen molar-refractivity contribution in [1.82, 2.24) is 10.9 Å².